The molecule has 29 heavy (non-hydrogen) atoms. The van der Waals surface area contributed by atoms with Gasteiger partial charge in [0.15, 0.2) is 6.10 Å². The van der Waals surface area contributed by atoms with Crippen LogP contribution in [0.3, 0.4) is 0 Å². The number of rotatable bonds is 3. The molecule has 7 heteroatoms. The molecule has 1 aliphatic carbocycles. The average Bonchev–Trinajstić information content (AvgIpc) is 3.32. The lowest BCUT2D eigenvalue weighted by Crippen LogP contribution is -2.56. The van der Waals surface area contributed by atoms with E-state index in [0.717, 1.165) is 0 Å². The number of benzene rings is 1. The minimum Gasteiger partial charge on any atom is -0.472 e. The molecule has 0 radical (unpaired) electrons. The highest BCUT2D eigenvalue weighted by molar-refractivity contribution is 5.90. The van der Waals surface area contributed by atoms with Crippen molar-refractivity contribution in [3.8, 4) is 0 Å². The van der Waals surface area contributed by atoms with Gasteiger partial charge in [-0.1, -0.05) is 18.2 Å². The molecular weight excluding hydrogens is 376 g/mol. The molecule has 2 saturated heterocycles. The van der Waals surface area contributed by atoms with Crippen molar-refractivity contribution >= 4 is 17.9 Å². The van der Waals surface area contributed by atoms with E-state index in [0.29, 0.717) is 24.0 Å². The van der Waals surface area contributed by atoms with Gasteiger partial charge in [0.2, 0.25) is 0 Å². The van der Waals surface area contributed by atoms with Crippen LogP contribution in [0.5, 0.6) is 0 Å². The Morgan fingerprint density at radius 1 is 1.14 bits per heavy atom. The molecule has 1 aromatic carbocycles. The second-order valence-corrected chi connectivity index (χ2v) is 8.17. The fraction of sp³-hybridized carbons (Fsp3) is 0.409. The van der Waals surface area contributed by atoms with Crippen LogP contribution >= 0.6 is 0 Å². The van der Waals surface area contributed by atoms with Crippen molar-refractivity contribution in [1.82, 2.24) is 0 Å². The number of cyclic esters (lactones) is 1. The molecule has 6 atom stereocenters. The average molecular weight is 396 g/mol. The topological polar surface area (TPSA) is 92.0 Å². The van der Waals surface area contributed by atoms with E-state index >= 15 is 0 Å². The van der Waals surface area contributed by atoms with Gasteiger partial charge in [0, 0.05) is 17.9 Å². The van der Waals surface area contributed by atoms with Crippen molar-refractivity contribution in [2.45, 2.75) is 38.1 Å². The van der Waals surface area contributed by atoms with Crippen LogP contribution in [-0.4, -0.2) is 30.1 Å². The van der Waals surface area contributed by atoms with Crippen molar-refractivity contribution < 1.29 is 33.0 Å². The maximum atomic E-state index is 12.9. The van der Waals surface area contributed by atoms with Crippen LogP contribution < -0.4 is 0 Å². The second kappa shape index (κ2) is 6.47. The Hall–Kier alpha value is -3.09. The first-order valence-corrected chi connectivity index (χ1v) is 9.67. The zero-order chi connectivity index (χ0) is 20.2. The van der Waals surface area contributed by atoms with Gasteiger partial charge in [-0.3, -0.25) is 9.59 Å². The summed E-state index contributed by atoms with van der Waals surface area (Å²) in [5.74, 6) is -2.39. The third kappa shape index (κ3) is 2.75. The second-order valence-electron chi connectivity index (χ2n) is 8.17. The summed E-state index contributed by atoms with van der Waals surface area (Å²) in [6, 6.07) is 10.3. The highest BCUT2D eigenvalue weighted by Crippen LogP contribution is 2.57. The number of carbonyl (C=O) groups excluding carboxylic acids is 3. The molecule has 150 valence electrons. The van der Waals surface area contributed by atoms with Gasteiger partial charge >= 0.3 is 17.9 Å². The summed E-state index contributed by atoms with van der Waals surface area (Å²) in [5, 5.41) is 0. The zero-order valence-electron chi connectivity index (χ0n) is 15.8. The molecule has 0 spiro atoms. The molecule has 2 aromatic rings. The first kappa shape index (κ1) is 18.0. The third-order valence-electron chi connectivity index (χ3n) is 6.40. The molecule has 3 aliphatic rings. The van der Waals surface area contributed by atoms with E-state index in [1.807, 2.05) is 0 Å². The van der Waals surface area contributed by atoms with E-state index in [2.05, 4.69) is 0 Å². The Morgan fingerprint density at radius 3 is 2.66 bits per heavy atom. The summed E-state index contributed by atoms with van der Waals surface area (Å²) in [7, 11) is 0. The molecule has 0 amide bonds. The minimum atomic E-state index is -0.920. The van der Waals surface area contributed by atoms with Crippen molar-refractivity contribution in [2.24, 2.45) is 17.3 Å². The maximum absolute atomic E-state index is 12.9. The molecule has 3 fully saturated rings. The van der Waals surface area contributed by atoms with Crippen LogP contribution in [0.1, 0.15) is 41.8 Å². The van der Waals surface area contributed by atoms with Gasteiger partial charge in [-0.2, -0.15) is 0 Å². The van der Waals surface area contributed by atoms with Crippen LogP contribution in [0.15, 0.2) is 53.3 Å². The lowest BCUT2D eigenvalue weighted by atomic mass is 9.59. The molecule has 7 nitrogen and oxygen atoms in total. The fourth-order valence-electron chi connectivity index (χ4n) is 5.06. The van der Waals surface area contributed by atoms with Gasteiger partial charge in [0.05, 0.1) is 29.4 Å². The van der Waals surface area contributed by atoms with Crippen molar-refractivity contribution in [2.75, 3.05) is 0 Å². The first-order chi connectivity index (χ1) is 14.0. The summed E-state index contributed by atoms with van der Waals surface area (Å²) in [4.78, 5) is 38.4. The van der Waals surface area contributed by atoms with Crippen molar-refractivity contribution in [3.63, 3.8) is 0 Å². The quantitative estimate of drug-likeness (QED) is 0.581. The van der Waals surface area contributed by atoms with Gasteiger partial charge in [-0.05, 0) is 31.5 Å². The van der Waals surface area contributed by atoms with E-state index in [-0.39, 0.29) is 12.1 Å². The van der Waals surface area contributed by atoms with Gasteiger partial charge in [0.1, 0.15) is 12.2 Å². The normalized spacial score (nSPS) is 35.4. The van der Waals surface area contributed by atoms with Gasteiger partial charge in [0.25, 0.3) is 0 Å². The van der Waals surface area contributed by atoms with Crippen LogP contribution in [0, 0.1) is 17.3 Å². The summed E-state index contributed by atoms with van der Waals surface area (Å²) in [6.45, 7) is 1.79. The SMILES string of the molecule is C[C@@]12C[C@@H](C[C@@H]3C(=O)O[C@@H](c4ccoc4)[C@H](OC(=O)c4ccccc4)[C@@H]31)OC2=O. The predicted octanol–water partition coefficient (Wildman–Crippen LogP) is 3.06. The minimum absolute atomic E-state index is 0.308. The molecule has 0 unspecified atom stereocenters. The lowest BCUT2D eigenvalue weighted by molar-refractivity contribution is -0.197. The van der Waals surface area contributed by atoms with E-state index in [9.17, 15) is 14.4 Å². The van der Waals surface area contributed by atoms with Crippen LogP contribution in [0.2, 0.25) is 0 Å². The molecule has 5 rings (SSSR count). The first-order valence-electron chi connectivity index (χ1n) is 9.67. The molecule has 1 saturated carbocycles. The molecule has 1 aromatic heterocycles. The van der Waals surface area contributed by atoms with Crippen LogP contribution in [0.25, 0.3) is 0 Å². The number of fused-ring (bicyclic) bond motifs is 4. The standard InChI is InChI=1S/C22H20O7/c1-22-10-14(27-21(22)25)9-15-16(22)18(29-19(23)12-5-3-2-4-6-12)17(28-20(15)24)13-7-8-26-11-13/h2-8,11,14-18H,9-10H2,1H3/t14-,15+,16-,17+,18-,22-/m1/s1. The van der Waals surface area contributed by atoms with Gasteiger partial charge < -0.3 is 18.6 Å². The van der Waals surface area contributed by atoms with E-state index in [1.165, 1.54) is 12.5 Å². The molecule has 2 bridgehead atoms. The zero-order valence-corrected chi connectivity index (χ0v) is 15.8. The Bertz CT molecular complexity index is 951. The van der Waals surface area contributed by atoms with Gasteiger partial charge in [-0.25, -0.2) is 4.79 Å². The maximum Gasteiger partial charge on any atom is 0.338 e. The summed E-state index contributed by atoms with van der Waals surface area (Å²) >= 11 is 0. The van der Waals surface area contributed by atoms with Crippen molar-refractivity contribution in [1.29, 1.82) is 0 Å². The Labute approximate surface area is 166 Å². The van der Waals surface area contributed by atoms with E-state index in [1.54, 1.807) is 43.3 Å². The van der Waals surface area contributed by atoms with Crippen LogP contribution in [0.4, 0.5) is 0 Å². The number of furan rings is 1. The van der Waals surface area contributed by atoms with Crippen LogP contribution in [-0.2, 0) is 23.8 Å². The largest absolute Gasteiger partial charge is 0.472 e. The highest BCUT2D eigenvalue weighted by Gasteiger charge is 2.66. The highest BCUT2D eigenvalue weighted by atomic mass is 16.6. The Kier molecular flexibility index (Phi) is 4.01. The lowest BCUT2D eigenvalue weighted by Gasteiger charge is -2.48. The smallest absolute Gasteiger partial charge is 0.338 e. The molecule has 3 heterocycles. The Balaban J connectivity index is 1.56. The summed E-state index contributed by atoms with van der Waals surface area (Å²) in [5.41, 5.74) is 0.0517. The number of ether oxygens (including phenoxy) is 3. The summed E-state index contributed by atoms with van der Waals surface area (Å²) < 4.78 is 22.3. The van der Waals surface area contributed by atoms with Crippen molar-refractivity contribution in [3.05, 3.63) is 60.1 Å². The number of esters is 3. The Morgan fingerprint density at radius 2 is 1.93 bits per heavy atom. The van der Waals surface area contributed by atoms with E-state index < -0.39 is 41.4 Å². The van der Waals surface area contributed by atoms with E-state index in [4.69, 9.17) is 18.6 Å². The molecular formula is C22H20O7. The van der Waals surface area contributed by atoms with Gasteiger partial charge in [-0.15, -0.1) is 0 Å². The number of hydrogen-bond donors (Lipinski definition) is 0. The third-order valence-corrected chi connectivity index (χ3v) is 6.40. The summed E-state index contributed by atoms with van der Waals surface area (Å²) in [6.07, 6.45) is 1.81. The molecule has 2 aliphatic heterocycles. The fourth-order valence-corrected chi connectivity index (χ4v) is 5.06. The number of hydrogen-bond acceptors (Lipinski definition) is 7. The predicted molar refractivity (Wildman–Crippen MR) is 97.4 cm³/mol. The molecule has 0 N–H and O–H groups in total. The monoisotopic (exact) mass is 396 g/mol. The number of carbonyl (C=O) groups is 3.